The summed E-state index contributed by atoms with van der Waals surface area (Å²) in [6, 6.07) is 8.37. The van der Waals surface area contributed by atoms with E-state index in [-0.39, 0.29) is 11.3 Å². The average Bonchev–Trinajstić information content (AvgIpc) is 2.61. The minimum Gasteiger partial charge on any atom is -0.508 e. The third-order valence-electron chi connectivity index (χ3n) is 4.32. The number of guanidine groups is 1. The topological polar surface area (TPSA) is 92.0 Å². The second kappa shape index (κ2) is 6.21. The predicted molar refractivity (Wildman–Crippen MR) is 92.9 cm³/mol. The van der Waals surface area contributed by atoms with E-state index < -0.39 is 6.17 Å². The van der Waals surface area contributed by atoms with E-state index in [0.717, 1.165) is 0 Å². The Morgan fingerprint density at radius 3 is 2.80 bits per heavy atom. The van der Waals surface area contributed by atoms with Crippen molar-refractivity contribution in [3.63, 3.8) is 0 Å². The van der Waals surface area contributed by atoms with Crippen LogP contribution in [0.2, 0.25) is 0 Å². The van der Waals surface area contributed by atoms with E-state index in [1.807, 2.05) is 6.07 Å². The Bertz CT molecular complexity index is 886. The van der Waals surface area contributed by atoms with E-state index in [1.54, 1.807) is 25.1 Å². The number of aliphatic imine (C=N–C) groups is 1. The molecule has 1 aromatic heterocycles. The SMILES string of the molecule is Cc1cc(=O)n2c(n1)NC(N1CCOCC1)=NC2c1ccccc1O. The number of para-hydroxylation sites is 1. The lowest BCUT2D eigenvalue weighted by atomic mass is 10.1. The van der Waals surface area contributed by atoms with Crippen LogP contribution in [0.25, 0.3) is 0 Å². The standard InChI is InChI=1S/C17H19N5O3/c1-11-10-14(24)22-15(12-4-2-3-5-13(12)23)19-16(20-17(22)18-11)21-6-8-25-9-7-21/h2-5,10,15,23H,6-9H2,1H3,(H,18,19,20). The van der Waals surface area contributed by atoms with Crippen molar-refractivity contribution >= 4 is 11.9 Å². The molecule has 8 heteroatoms. The number of hydrogen-bond acceptors (Lipinski definition) is 7. The van der Waals surface area contributed by atoms with Gasteiger partial charge in [-0.25, -0.2) is 9.98 Å². The van der Waals surface area contributed by atoms with Gasteiger partial charge in [-0.15, -0.1) is 0 Å². The fourth-order valence-electron chi connectivity index (χ4n) is 3.09. The molecule has 2 aliphatic rings. The molecular formula is C17H19N5O3. The fraction of sp³-hybridized carbons (Fsp3) is 0.353. The maximum Gasteiger partial charge on any atom is 0.257 e. The summed E-state index contributed by atoms with van der Waals surface area (Å²) in [6.07, 6.45) is -0.670. The zero-order valence-corrected chi connectivity index (χ0v) is 13.8. The number of nitrogens with one attached hydrogen (secondary N) is 1. The lowest BCUT2D eigenvalue weighted by molar-refractivity contribution is 0.0675. The number of ether oxygens (including phenoxy) is 1. The third-order valence-corrected chi connectivity index (χ3v) is 4.32. The van der Waals surface area contributed by atoms with Gasteiger partial charge < -0.3 is 14.7 Å². The van der Waals surface area contributed by atoms with Crippen LogP contribution in [0.5, 0.6) is 5.75 Å². The van der Waals surface area contributed by atoms with Crippen LogP contribution in [0.3, 0.4) is 0 Å². The monoisotopic (exact) mass is 341 g/mol. The molecule has 0 amide bonds. The van der Waals surface area contributed by atoms with Crippen LogP contribution in [-0.2, 0) is 4.74 Å². The van der Waals surface area contributed by atoms with Crippen molar-refractivity contribution in [1.29, 1.82) is 0 Å². The highest BCUT2D eigenvalue weighted by atomic mass is 16.5. The molecule has 2 aliphatic heterocycles. The van der Waals surface area contributed by atoms with Gasteiger partial charge in [0.15, 0.2) is 6.17 Å². The number of aryl methyl sites for hydroxylation is 1. The highest BCUT2D eigenvalue weighted by Crippen LogP contribution is 2.31. The predicted octanol–water partition coefficient (Wildman–Crippen LogP) is 0.918. The van der Waals surface area contributed by atoms with E-state index in [1.165, 1.54) is 10.6 Å². The molecule has 0 bridgehead atoms. The van der Waals surface area contributed by atoms with Crippen molar-refractivity contribution in [2.24, 2.45) is 4.99 Å². The highest BCUT2D eigenvalue weighted by Gasteiger charge is 2.29. The Morgan fingerprint density at radius 1 is 1.28 bits per heavy atom. The molecule has 8 nitrogen and oxygen atoms in total. The number of fused-ring (bicyclic) bond motifs is 1. The summed E-state index contributed by atoms with van der Waals surface area (Å²) in [6.45, 7) is 4.43. The molecule has 0 spiro atoms. The summed E-state index contributed by atoms with van der Waals surface area (Å²) in [4.78, 5) is 23.8. The van der Waals surface area contributed by atoms with E-state index in [0.29, 0.717) is 49.5 Å². The number of nitrogens with zero attached hydrogens (tertiary/aromatic N) is 4. The maximum absolute atomic E-state index is 12.6. The molecule has 0 aliphatic carbocycles. The summed E-state index contributed by atoms with van der Waals surface area (Å²) in [5, 5.41) is 13.4. The van der Waals surface area contributed by atoms with Crippen LogP contribution in [0.4, 0.5) is 5.95 Å². The number of phenolic OH excluding ortho intramolecular Hbond substituents is 1. The average molecular weight is 341 g/mol. The normalized spacial score (nSPS) is 19.8. The van der Waals surface area contributed by atoms with Crippen molar-refractivity contribution < 1.29 is 9.84 Å². The van der Waals surface area contributed by atoms with Crippen molar-refractivity contribution in [3.8, 4) is 5.75 Å². The summed E-state index contributed by atoms with van der Waals surface area (Å²) in [5.74, 6) is 1.15. The zero-order valence-electron chi connectivity index (χ0n) is 13.8. The number of phenols is 1. The molecule has 2 N–H and O–H groups in total. The smallest absolute Gasteiger partial charge is 0.257 e. The van der Waals surface area contributed by atoms with Crippen molar-refractivity contribution in [2.75, 3.05) is 31.6 Å². The molecule has 2 aromatic rings. The van der Waals surface area contributed by atoms with Gasteiger partial charge in [-0.1, -0.05) is 18.2 Å². The lowest BCUT2D eigenvalue weighted by Crippen LogP contribution is -2.47. The van der Waals surface area contributed by atoms with Crippen LogP contribution in [0.15, 0.2) is 40.1 Å². The van der Waals surface area contributed by atoms with E-state index >= 15 is 0 Å². The summed E-state index contributed by atoms with van der Waals surface area (Å²) >= 11 is 0. The Labute approximate surface area is 144 Å². The minimum atomic E-state index is -0.670. The van der Waals surface area contributed by atoms with Crippen molar-refractivity contribution in [3.05, 3.63) is 51.9 Å². The molecule has 1 unspecified atom stereocenters. The van der Waals surface area contributed by atoms with Crippen LogP contribution in [0.1, 0.15) is 17.4 Å². The quantitative estimate of drug-likeness (QED) is 0.801. The van der Waals surface area contributed by atoms with E-state index in [9.17, 15) is 9.90 Å². The number of rotatable bonds is 1. The molecule has 3 heterocycles. The number of aromatic hydroxyl groups is 1. The molecule has 25 heavy (non-hydrogen) atoms. The van der Waals surface area contributed by atoms with Gasteiger partial charge in [0.25, 0.3) is 5.56 Å². The lowest BCUT2D eigenvalue weighted by Gasteiger charge is -2.34. The van der Waals surface area contributed by atoms with Gasteiger partial charge in [0.05, 0.1) is 13.2 Å². The highest BCUT2D eigenvalue weighted by molar-refractivity contribution is 5.93. The van der Waals surface area contributed by atoms with Gasteiger partial charge in [0, 0.05) is 30.4 Å². The first-order valence-corrected chi connectivity index (χ1v) is 8.19. The Kier molecular flexibility index (Phi) is 3.89. The second-order valence-electron chi connectivity index (χ2n) is 6.04. The largest absolute Gasteiger partial charge is 0.508 e. The van der Waals surface area contributed by atoms with Gasteiger partial charge in [0.2, 0.25) is 11.9 Å². The summed E-state index contributed by atoms with van der Waals surface area (Å²) in [7, 11) is 0. The minimum absolute atomic E-state index is 0.0953. The van der Waals surface area contributed by atoms with Crippen molar-refractivity contribution in [2.45, 2.75) is 13.1 Å². The molecule has 4 rings (SSSR count). The van der Waals surface area contributed by atoms with Crippen LogP contribution in [0, 0.1) is 6.92 Å². The molecule has 130 valence electrons. The van der Waals surface area contributed by atoms with Crippen molar-refractivity contribution in [1.82, 2.24) is 14.5 Å². The molecule has 1 saturated heterocycles. The number of benzene rings is 1. The Balaban J connectivity index is 1.85. The van der Waals surface area contributed by atoms with E-state index in [2.05, 4.69) is 15.2 Å². The maximum atomic E-state index is 12.6. The Hall–Kier alpha value is -2.87. The first-order chi connectivity index (χ1) is 12.1. The fourth-order valence-corrected chi connectivity index (χ4v) is 3.09. The van der Waals surface area contributed by atoms with Crippen LogP contribution < -0.4 is 10.9 Å². The number of anilines is 1. The van der Waals surface area contributed by atoms with Gasteiger partial charge in [0.1, 0.15) is 5.75 Å². The molecular weight excluding hydrogens is 322 g/mol. The van der Waals surface area contributed by atoms with Crippen LogP contribution in [-0.4, -0.2) is 51.8 Å². The number of hydrogen-bond donors (Lipinski definition) is 2. The van der Waals surface area contributed by atoms with Gasteiger partial charge >= 0.3 is 0 Å². The third kappa shape index (κ3) is 2.85. The number of morpholine rings is 1. The van der Waals surface area contributed by atoms with Crippen LogP contribution >= 0.6 is 0 Å². The Morgan fingerprint density at radius 2 is 2.04 bits per heavy atom. The molecule has 0 saturated carbocycles. The first-order valence-electron chi connectivity index (χ1n) is 8.19. The molecule has 1 atom stereocenters. The molecule has 1 fully saturated rings. The summed E-state index contributed by atoms with van der Waals surface area (Å²) in [5.41, 5.74) is 0.972. The summed E-state index contributed by atoms with van der Waals surface area (Å²) < 4.78 is 6.86. The zero-order chi connectivity index (χ0) is 17.4. The first kappa shape index (κ1) is 15.6. The van der Waals surface area contributed by atoms with Gasteiger partial charge in [-0.2, -0.15) is 0 Å². The molecule has 0 radical (unpaired) electrons. The number of aromatic nitrogens is 2. The van der Waals surface area contributed by atoms with E-state index in [4.69, 9.17) is 9.73 Å². The second-order valence-corrected chi connectivity index (χ2v) is 6.04. The van der Waals surface area contributed by atoms with Gasteiger partial charge in [-0.05, 0) is 13.0 Å². The van der Waals surface area contributed by atoms with Gasteiger partial charge in [-0.3, -0.25) is 14.7 Å². The molecule has 1 aromatic carbocycles.